The predicted octanol–water partition coefficient (Wildman–Crippen LogP) is 7.39. The molecule has 28 heavy (non-hydrogen) atoms. The lowest BCUT2D eigenvalue weighted by molar-refractivity contribution is -0.0626. The molecule has 0 aromatic rings. The van der Waals surface area contributed by atoms with E-state index in [1.807, 2.05) is 0 Å². The number of fused-ring (bicyclic) bond motifs is 5. The summed E-state index contributed by atoms with van der Waals surface area (Å²) in [5, 5.41) is 10.2. The van der Waals surface area contributed by atoms with Gasteiger partial charge in [-0.3, -0.25) is 0 Å². The van der Waals surface area contributed by atoms with Gasteiger partial charge in [-0.2, -0.15) is 0 Å². The first-order chi connectivity index (χ1) is 13.3. The molecule has 0 aromatic carbocycles. The first kappa shape index (κ1) is 21.0. The Hall–Kier alpha value is -0.300. The molecule has 0 radical (unpaired) electrons. The van der Waals surface area contributed by atoms with Crippen LogP contribution in [0.3, 0.4) is 0 Å². The minimum atomic E-state index is -0.170. The molecule has 4 rings (SSSR count). The molecule has 3 saturated carbocycles. The summed E-state index contributed by atoms with van der Waals surface area (Å²) in [5.74, 6) is 5.52. The maximum Gasteiger partial charge on any atom is 0.0724 e. The molecule has 1 heteroatoms. The molecule has 160 valence electrons. The molecule has 4 aliphatic rings. The van der Waals surface area contributed by atoms with Crippen molar-refractivity contribution in [3.05, 3.63) is 11.6 Å². The van der Waals surface area contributed by atoms with E-state index in [0.717, 1.165) is 41.9 Å². The Morgan fingerprint density at radius 1 is 0.964 bits per heavy atom. The smallest absolute Gasteiger partial charge is 0.0724 e. The van der Waals surface area contributed by atoms with Gasteiger partial charge in [0.1, 0.15) is 0 Å². The molecule has 0 heterocycles. The minimum absolute atomic E-state index is 0.170. The van der Waals surface area contributed by atoms with Gasteiger partial charge in [0, 0.05) is 0 Å². The summed E-state index contributed by atoms with van der Waals surface area (Å²) in [6, 6.07) is 0. The van der Waals surface area contributed by atoms with Crippen LogP contribution in [-0.4, -0.2) is 11.2 Å². The summed E-state index contributed by atoms with van der Waals surface area (Å²) in [5.41, 5.74) is 2.61. The van der Waals surface area contributed by atoms with Crippen LogP contribution in [0.2, 0.25) is 0 Å². The van der Waals surface area contributed by atoms with Gasteiger partial charge in [0.25, 0.3) is 0 Å². The highest BCUT2D eigenvalue weighted by atomic mass is 16.4. The monoisotopic (exact) mass is 388 g/mol. The summed E-state index contributed by atoms with van der Waals surface area (Å²) < 4.78 is 0. The molecule has 0 bridgehead atoms. The van der Waals surface area contributed by atoms with Gasteiger partial charge >= 0.3 is 0 Å². The van der Waals surface area contributed by atoms with Gasteiger partial charge in [0.15, 0.2) is 0 Å². The second-order valence-corrected chi connectivity index (χ2v) is 12.2. The van der Waals surface area contributed by atoms with E-state index in [1.54, 1.807) is 5.57 Å². The summed E-state index contributed by atoms with van der Waals surface area (Å²) in [7, 11) is 0. The zero-order valence-electron chi connectivity index (χ0n) is 19.3. The average Bonchev–Trinajstić information content (AvgIpc) is 2.99. The Morgan fingerprint density at radius 3 is 2.50 bits per heavy atom. The van der Waals surface area contributed by atoms with Crippen LogP contribution >= 0.6 is 0 Å². The van der Waals surface area contributed by atoms with E-state index >= 15 is 0 Å². The van der Waals surface area contributed by atoms with Gasteiger partial charge in [-0.25, -0.2) is 0 Å². The summed E-state index contributed by atoms with van der Waals surface area (Å²) in [6.07, 6.45) is 17.1. The maximum absolute atomic E-state index is 10.2. The molecule has 8 atom stereocenters. The van der Waals surface area contributed by atoms with Gasteiger partial charge in [-0.15, -0.1) is 0 Å². The molecule has 1 nitrogen and oxygen atoms in total. The lowest BCUT2D eigenvalue weighted by Gasteiger charge is -2.59. The van der Waals surface area contributed by atoms with Gasteiger partial charge < -0.3 is 5.11 Å². The summed E-state index contributed by atoms with van der Waals surface area (Å²) in [6.45, 7) is 12.6. The van der Waals surface area contributed by atoms with E-state index < -0.39 is 0 Å². The zero-order valence-corrected chi connectivity index (χ0v) is 19.3. The van der Waals surface area contributed by atoms with Crippen molar-refractivity contribution in [1.29, 1.82) is 0 Å². The molecular formula is C27H46O. The topological polar surface area (TPSA) is 20.2 Å². The van der Waals surface area contributed by atoms with Gasteiger partial charge in [-0.1, -0.05) is 65.5 Å². The number of hydrogen-bond acceptors (Lipinski definition) is 1. The van der Waals surface area contributed by atoms with Gasteiger partial charge in [-0.05, 0) is 97.7 Å². The predicted molar refractivity (Wildman–Crippen MR) is 119 cm³/mol. The largest absolute Gasteiger partial charge is 0.389 e. The van der Waals surface area contributed by atoms with Crippen molar-refractivity contribution in [3.63, 3.8) is 0 Å². The fraction of sp³-hybridized carbons (Fsp3) is 0.926. The first-order valence-corrected chi connectivity index (χ1v) is 12.6. The van der Waals surface area contributed by atoms with E-state index in [-0.39, 0.29) is 6.10 Å². The second-order valence-electron chi connectivity index (χ2n) is 12.2. The van der Waals surface area contributed by atoms with Crippen LogP contribution in [0, 0.1) is 46.3 Å². The number of allylic oxidation sites excluding steroid dienone is 1. The SMILES string of the molecule is CC(C)CCC[C@@H](C)[C@H]1CC[C@H]2[C@@H]3CCC4=C[13C@@H](O)[13CH2]C[C@]4(C)[C@H]3CC[C@]12C. The second kappa shape index (κ2) is 7.75. The molecule has 4 aliphatic carbocycles. The van der Waals surface area contributed by atoms with E-state index in [2.05, 4.69) is 40.7 Å². The van der Waals surface area contributed by atoms with Crippen LogP contribution in [0.25, 0.3) is 0 Å². The average molecular weight is 389 g/mol. The van der Waals surface area contributed by atoms with E-state index in [4.69, 9.17) is 0 Å². The molecule has 0 amide bonds. The quantitative estimate of drug-likeness (QED) is 0.384. The van der Waals surface area contributed by atoms with Crippen molar-refractivity contribution in [3.8, 4) is 0 Å². The van der Waals surface area contributed by atoms with Crippen LogP contribution in [-0.2, 0) is 0 Å². The number of aliphatic hydroxyl groups excluding tert-OH is 1. The highest BCUT2D eigenvalue weighted by Crippen LogP contribution is 2.67. The normalized spacial score (nSPS) is 46.5. The first-order valence-electron chi connectivity index (χ1n) is 12.6. The molecule has 0 saturated heterocycles. The van der Waals surface area contributed by atoms with E-state index in [9.17, 15) is 5.11 Å². The third-order valence-corrected chi connectivity index (χ3v) is 10.3. The molecule has 1 N–H and O–H groups in total. The molecule has 0 aliphatic heterocycles. The van der Waals surface area contributed by atoms with Crippen molar-refractivity contribution in [1.82, 2.24) is 0 Å². The number of aliphatic hydroxyl groups is 1. The summed E-state index contributed by atoms with van der Waals surface area (Å²) >= 11 is 0. The van der Waals surface area contributed by atoms with Crippen LogP contribution < -0.4 is 0 Å². The molecular weight excluding hydrogens is 342 g/mol. The molecule has 0 aromatic heterocycles. The minimum Gasteiger partial charge on any atom is -0.389 e. The zero-order chi connectivity index (χ0) is 20.1. The van der Waals surface area contributed by atoms with Crippen molar-refractivity contribution >= 4 is 0 Å². The molecule has 0 spiro atoms. The lowest BCUT2D eigenvalue weighted by atomic mass is 9.47. The van der Waals surface area contributed by atoms with Crippen molar-refractivity contribution in [2.75, 3.05) is 0 Å². The van der Waals surface area contributed by atoms with Crippen LogP contribution in [0.4, 0.5) is 0 Å². The number of rotatable bonds is 5. The van der Waals surface area contributed by atoms with Gasteiger partial charge in [0.2, 0.25) is 0 Å². The third kappa shape index (κ3) is 3.42. The fourth-order valence-electron chi connectivity index (χ4n) is 8.73. The Labute approximate surface area is 174 Å². The van der Waals surface area contributed by atoms with Crippen molar-refractivity contribution in [2.45, 2.75) is 111 Å². The Balaban J connectivity index is 1.48. The molecule has 3 fully saturated rings. The van der Waals surface area contributed by atoms with Crippen molar-refractivity contribution in [2.24, 2.45) is 46.3 Å². The van der Waals surface area contributed by atoms with Gasteiger partial charge in [0.05, 0.1) is 6.10 Å². The Kier molecular flexibility index (Phi) is 5.80. The Morgan fingerprint density at radius 2 is 1.75 bits per heavy atom. The van der Waals surface area contributed by atoms with Crippen LogP contribution in [0.1, 0.15) is 105 Å². The van der Waals surface area contributed by atoms with Crippen molar-refractivity contribution < 1.29 is 5.11 Å². The molecule has 0 unspecified atom stereocenters. The van der Waals surface area contributed by atoms with Crippen LogP contribution in [0.5, 0.6) is 0 Å². The fourth-order valence-corrected chi connectivity index (χ4v) is 8.73. The third-order valence-electron chi connectivity index (χ3n) is 10.3. The van der Waals surface area contributed by atoms with E-state index in [0.29, 0.717) is 10.8 Å². The highest BCUT2D eigenvalue weighted by molar-refractivity contribution is 5.25. The lowest BCUT2D eigenvalue weighted by Crippen LogP contribution is -2.51. The van der Waals surface area contributed by atoms with E-state index in [1.165, 1.54) is 64.2 Å². The maximum atomic E-state index is 10.2. The van der Waals surface area contributed by atoms with Crippen LogP contribution in [0.15, 0.2) is 11.6 Å². The Bertz CT molecular complexity index is 591. The number of hydrogen-bond donors (Lipinski definition) is 1. The standard InChI is InChI=1S/C27H46O/c1-18(2)7-6-8-19(3)23-11-12-24-22-10-9-20-17-21(28)13-15-26(20,4)25(22)14-16-27(23,24)5/h17-19,21-25,28H,6-16H2,1-5H3/t19-,21+,22+,23-,24+,25+,26+,27-/m1/s1/i13+1,21+1. The summed E-state index contributed by atoms with van der Waals surface area (Å²) in [4.78, 5) is 0. The highest BCUT2D eigenvalue weighted by Gasteiger charge is 2.59.